The van der Waals surface area contributed by atoms with Crippen LogP contribution in [0.2, 0.25) is 0 Å². The van der Waals surface area contributed by atoms with Crippen molar-refractivity contribution in [3.05, 3.63) is 83.3 Å². The lowest BCUT2D eigenvalue weighted by Gasteiger charge is -2.06. The van der Waals surface area contributed by atoms with Crippen LogP contribution in [0.5, 0.6) is 0 Å². The minimum Gasteiger partial charge on any atom is -0.0898 e. The highest BCUT2D eigenvalue weighted by molar-refractivity contribution is 8.03. The Morgan fingerprint density at radius 3 is 2.52 bits per heavy atom. The number of thioether (sulfide) groups is 1. The monoisotopic (exact) mass is 296 g/mol. The molecule has 0 saturated carbocycles. The maximum absolute atomic E-state index is 2.20. The standard InChI is InChI=1S/C20H24S/c1-4-7-9-10-11-14-18-15-12-13-17-20(18)21-19(6-3)16-8-5-2/h4,6-17H,5H2,1-3H3/b7-4-,10-9-,14-11+,16-8-,19-6+. The summed E-state index contributed by atoms with van der Waals surface area (Å²) in [7, 11) is 0. The topological polar surface area (TPSA) is 0 Å². The van der Waals surface area contributed by atoms with E-state index < -0.39 is 0 Å². The first-order valence-corrected chi connectivity index (χ1v) is 8.19. The average molecular weight is 296 g/mol. The summed E-state index contributed by atoms with van der Waals surface area (Å²) in [6, 6.07) is 8.49. The summed E-state index contributed by atoms with van der Waals surface area (Å²) in [5.41, 5.74) is 1.25. The van der Waals surface area contributed by atoms with Crippen molar-refractivity contribution in [1.29, 1.82) is 0 Å². The largest absolute Gasteiger partial charge is 0.0898 e. The van der Waals surface area contributed by atoms with Crippen LogP contribution in [0.15, 0.2) is 82.7 Å². The molecule has 0 bridgehead atoms. The summed E-state index contributed by atoms with van der Waals surface area (Å²) in [5.74, 6) is 0. The van der Waals surface area contributed by atoms with Gasteiger partial charge in [-0.3, -0.25) is 0 Å². The van der Waals surface area contributed by atoms with Crippen LogP contribution in [-0.4, -0.2) is 0 Å². The predicted octanol–water partition coefficient (Wildman–Crippen LogP) is 6.79. The van der Waals surface area contributed by atoms with Crippen molar-refractivity contribution in [2.45, 2.75) is 32.1 Å². The highest BCUT2D eigenvalue weighted by Crippen LogP contribution is 2.31. The molecule has 0 aliphatic heterocycles. The smallest absolute Gasteiger partial charge is 0.0194 e. The molecular weight excluding hydrogens is 272 g/mol. The fraction of sp³-hybridized carbons (Fsp3) is 0.200. The van der Waals surface area contributed by atoms with E-state index in [9.17, 15) is 0 Å². The van der Waals surface area contributed by atoms with Gasteiger partial charge in [-0.25, -0.2) is 0 Å². The zero-order chi connectivity index (χ0) is 15.3. The minimum atomic E-state index is 1.06. The Balaban J connectivity index is 2.86. The van der Waals surface area contributed by atoms with Crippen molar-refractivity contribution >= 4 is 17.8 Å². The Kier molecular flexibility index (Phi) is 9.06. The maximum atomic E-state index is 2.20. The number of benzene rings is 1. The third-order valence-electron chi connectivity index (χ3n) is 2.75. The molecule has 0 nitrogen and oxygen atoms in total. The third-order valence-corrected chi connectivity index (χ3v) is 3.95. The molecule has 0 radical (unpaired) electrons. The summed E-state index contributed by atoms with van der Waals surface area (Å²) in [6.07, 6.45) is 20.0. The highest BCUT2D eigenvalue weighted by atomic mass is 32.2. The van der Waals surface area contributed by atoms with E-state index in [1.807, 2.05) is 36.9 Å². The van der Waals surface area contributed by atoms with E-state index in [0.29, 0.717) is 0 Å². The third kappa shape index (κ3) is 7.01. The van der Waals surface area contributed by atoms with E-state index in [4.69, 9.17) is 0 Å². The normalized spacial score (nSPS) is 13.4. The van der Waals surface area contributed by atoms with Gasteiger partial charge in [-0.05, 0) is 31.9 Å². The molecule has 21 heavy (non-hydrogen) atoms. The number of hydrogen-bond donors (Lipinski definition) is 0. The molecule has 0 aromatic heterocycles. The van der Waals surface area contributed by atoms with Crippen LogP contribution in [0.3, 0.4) is 0 Å². The zero-order valence-electron chi connectivity index (χ0n) is 13.1. The molecule has 0 fully saturated rings. The molecule has 0 amide bonds. The van der Waals surface area contributed by atoms with Gasteiger partial charge in [0.05, 0.1) is 0 Å². The molecule has 1 aromatic carbocycles. The lowest BCUT2D eigenvalue weighted by molar-refractivity contribution is 1.22. The molecule has 1 heteroatoms. The van der Waals surface area contributed by atoms with Crippen molar-refractivity contribution in [2.24, 2.45) is 0 Å². The molecule has 0 unspecified atom stereocenters. The van der Waals surface area contributed by atoms with E-state index in [-0.39, 0.29) is 0 Å². The Bertz CT molecular complexity index is 557. The van der Waals surface area contributed by atoms with Crippen LogP contribution in [-0.2, 0) is 0 Å². The number of hydrogen-bond acceptors (Lipinski definition) is 1. The van der Waals surface area contributed by atoms with Crippen LogP contribution in [0.4, 0.5) is 0 Å². The van der Waals surface area contributed by atoms with Crippen molar-refractivity contribution in [1.82, 2.24) is 0 Å². The van der Waals surface area contributed by atoms with Crippen LogP contribution in [0.25, 0.3) is 6.08 Å². The minimum absolute atomic E-state index is 1.06. The van der Waals surface area contributed by atoms with Gasteiger partial charge in [-0.15, -0.1) is 0 Å². The van der Waals surface area contributed by atoms with Gasteiger partial charge < -0.3 is 0 Å². The summed E-state index contributed by atoms with van der Waals surface area (Å²) in [6.45, 7) is 6.26. The fourth-order valence-electron chi connectivity index (χ4n) is 1.66. The summed E-state index contributed by atoms with van der Waals surface area (Å²) < 4.78 is 0. The molecule has 1 aromatic rings. The van der Waals surface area contributed by atoms with E-state index >= 15 is 0 Å². The molecule has 0 heterocycles. The van der Waals surface area contributed by atoms with Crippen LogP contribution < -0.4 is 0 Å². The first-order chi connectivity index (χ1) is 10.3. The zero-order valence-corrected chi connectivity index (χ0v) is 13.9. The van der Waals surface area contributed by atoms with Gasteiger partial charge in [-0.2, -0.15) is 0 Å². The second-order valence-corrected chi connectivity index (χ2v) is 5.53. The first kappa shape index (κ1) is 17.3. The average Bonchev–Trinajstić information content (AvgIpc) is 2.52. The van der Waals surface area contributed by atoms with Gasteiger partial charge in [0.15, 0.2) is 0 Å². The van der Waals surface area contributed by atoms with Gasteiger partial charge in [0.25, 0.3) is 0 Å². The molecule has 0 saturated heterocycles. The molecular formula is C20H24S. The van der Waals surface area contributed by atoms with Crippen molar-refractivity contribution in [3.8, 4) is 0 Å². The lowest BCUT2D eigenvalue weighted by Crippen LogP contribution is -1.79. The second kappa shape index (κ2) is 11.0. The molecule has 0 atom stereocenters. The van der Waals surface area contributed by atoms with E-state index in [1.165, 1.54) is 15.4 Å². The Hall–Kier alpha value is -1.73. The highest BCUT2D eigenvalue weighted by Gasteiger charge is 2.01. The summed E-state index contributed by atoms with van der Waals surface area (Å²) in [5, 5.41) is 0. The first-order valence-electron chi connectivity index (χ1n) is 7.37. The van der Waals surface area contributed by atoms with Crippen LogP contribution in [0, 0.1) is 0 Å². The van der Waals surface area contributed by atoms with Gasteiger partial charge in [0.1, 0.15) is 0 Å². The van der Waals surface area contributed by atoms with Crippen molar-refractivity contribution in [3.63, 3.8) is 0 Å². The summed E-state index contributed by atoms with van der Waals surface area (Å²) >= 11 is 1.81. The van der Waals surface area contributed by atoms with Crippen LogP contribution >= 0.6 is 11.8 Å². The van der Waals surface area contributed by atoms with Gasteiger partial charge in [-0.1, -0.05) is 91.6 Å². The molecule has 110 valence electrons. The maximum Gasteiger partial charge on any atom is 0.0194 e. The Morgan fingerprint density at radius 1 is 1.05 bits per heavy atom. The Morgan fingerprint density at radius 2 is 1.81 bits per heavy atom. The van der Waals surface area contributed by atoms with Crippen LogP contribution in [0.1, 0.15) is 32.8 Å². The lowest BCUT2D eigenvalue weighted by atomic mass is 10.2. The molecule has 0 N–H and O–H groups in total. The predicted molar refractivity (Wildman–Crippen MR) is 98.5 cm³/mol. The SMILES string of the molecule is C\C=C/C=C\C=C\c1ccccc1SC(/C=C\CC)=C/C. The second-order valence-electron chi connectivity index (χ2n) is 4.41. The van der Waals surface area contributed by atoms with Gasteiger partial charge in [0, 0.05) is 9.80 Å². The molecule has 0 spiro atoms. The molecule has 1 rings (SSSR count). The van der Waals surface area contributed by atoms with E-state index in [0.717, 1.165) is 6.42 Å². The quantitative estimate of drug-likeness (QED) is 0.394. The van der Waals surface area contributed by atoms with Crippen molar-refractivity contribution in [2.75, 3.05) is 0 Å². The van der Waals surface area contributed by atoms with E-state index in [1.54, 1.807) is 0 Å². The van der Waals surface area contributed by atoms with E-state index in [2.05, 4.69) is 74.6 Å². The number of rotatable bonds is 7. The number of allylic oxidation sites excluding steroid dienone is 8. The molecule has 0 aliphatic rings. The molecule has 0 aliphatic carbocycles. The summed E-state index contributed by atoms with van der Waals surface area (Å²) in [4.78, 5) is 2.56. The van der Waals surface area contributed by atoms with Gasteiger partial charge in [0.2, 0.25) is 0 Å². The van der Waals surface area contributed by atoms with Crippen molar-refractivity contribution < 1.29 is 0 Å². The van der Waals surface area contributed by atoms with Gasteiger partial charge >= 0.3 is 0 Å². The Labute approximate surface area is 133 Å². The fourth-order valence-corrected chi connectivity index (χ4v) is 2.60.